The molecule has 0 aromatic heterocycles. The first-order valence-corrected chi connectivity index (χ1v) is 5.06. The van der Waals surface area contributed by atoms with Crippen LogP contribution in [0.4, 0.5) is 0 Å². The van der Waals surface area contributed by atoms with Crippen LogP contribution in [0.5, 0.6) is 0 Å². The van der Waals surface area contributed by atoms with Crippen LogP contribution in [0, 0.1) is 0 Å². The lowest BCUT2D eigenvalue weighted by Gasteiger charge is -2.04. The average Bonchev–Trinajstić information content (AvgIpc) is 2.29. The molecule has 0 radical (unpaired) electrons. The van der Waals surface area contributed by atoms with Crippen molar-refractivity contribution in [1.82, 2.24) is 0 Å². The quantitative estimate of drug-likeness (QED) is 0.483. The van der Waals surface area contributed by atoms with Gasteiger partial charge < -0.3 is 14.3 Å². The zero-order chi connectivity index (χ0) is 10.8. The molecule has 0 unspecified atom stereocenters. The molecule has 0 saturated carbocycles. The van der Waals surface area contributed by atoms with Gasteiger partial charge in [-0.05, 0) is 5.56 Å². The van der Waals surface area contributed by atoms with E-state index in [9.17, 15) is 4.79 Å². The van der Waals surface area contributed by atoms with E-state index in [1.807, 2.05) is 30.3 Å². The highest BCUT2D eigenvalue weighted by Gasteiger charge is 1.92. The molecule has 0 aliphatic heterocycles. The van der Waals surface area contributed by atoms with Crippen molar-refractivity contribution in [2.75, 3.05) is 19.8 Å². The fourth-order valence-electron chi connectivity index (χ4n) is 1.12. The zero-order valence-electron chi connectivity index (χ0n) is 8.72. The Morgan fingerprint density at radius 2 is 1.73 bits per heavy atom. The Morgan fingerprint density at radius 3 is 2.47 bits per heavy atom. The average molecular weight is 208 g/mol. The summed E-state index contributed by atoms with van der Waals surface area (Å²) in [5.41, 5.74) is 1.16. The van der Waals surface area contributed by atoms with Crippen LogP contribution in [0.2, 0.25) is 0 Å². The summed E-state index contributed by atoms with van der Waals surface area (Å²) in [4.78, 5) is 9.97. The van der Waals surface area contributed by atoms with Crippen molar-refractivity contribution in [2.24, 2.45) is 0 Å². The molecule has 0 saturated heterocycles. The first kappa shape index (κ1) is 11.9. The number of rotatable bonds is 8. The topological polar surface area (TPSA) is 35.5 Å². The third kappa shape index (κ3) is 5.99. The minimum Gasteiger partial charge on any atom is -0.379 e. The number of carbonyl (C=O) groups is 1. The van der Waals surface area contributed by atoms with Crippen LogP contribution in [0.25, 0.3) is 0 Å². The molecule has 3 heteroatoms. The highest BCUT2D eigenvalue weighted by Crippen LogP contribution is 1.99. The Bertz CT molecular complexity index is 259. The zero-order valence-corrected chi connectivity index (χ0v) is 8.72. The van der Waals surface area contributed by atoms with E-state index in [0.29, 0.717) is 32.8 Å². The van der Waals surface area contributed by atoms with E-state index < -0.39 is 0 Å². The third-order valence-corrected chi connectivity index (χ3v) is 1.86. The van der Waals surface area contributed by atoms with Crippen LogP contribution >= 0.6 is 0 Å². The van der Waals surface area contributed by atoms with Crippen molar-refractivity contribution in [3.8, 4) is 0 Å². The second-order valence-electron chi connectivity index (χ2n) is 3.11. The predicted molar refractivity (Wildman–Crippen MR) is 57.6 cm³/mol. The standard InChI is InChI=1S/C12H16O3/c13-7-4-8-14-9-10-15-11-12-5-2-1-3-6-12/h1-3,5-7H,4,8-11H2. The van der Waals surface area contributed by atoms with Crippen LogP contribution < -0.4 is 0 Å². The lowest BCUT2D eigenvalue weighted by molar-refractivity contribution is -0.108. The Morgan fingerprint density at radius 1 is 1.00 bits per heavy atom. The van der Waals surface area contributed by atoms with Gasteiger partial charge in [0, 0.05) is 6.42 Å². The van der Waals surface area contributed by atoms with Gasteiger partial charge in [0.05, 0.1) is 26.4 Å². The molecule has 1 aromatic rings. The molecule has 0 aliphatic rings. The maximum atomic E-state index is 9.97. The van der Waals surface area contributed by atoms with Crippen molar-refractivity contribution in [3.63, 3.8) is 0 Å². The molecule has 0 spiro atoms. The second-order valence-corrected chi connectivity index (χ2v) is 3.11. The molecular weight excluding hydrogens is 192 g/mol. The minimum absolute atomic E-state index is 0.457. The molecule has 15 heavy (non-hydrogen) atoms. The normalized spacial score (nSPS) is 10.1. The maximum absolute atomic E-state index is 9.97. The van der Waals surface area contributed by atoms with Crippen molar-refractivity contribution in [3.05, 3.63) is 35.9 Å². The number of benzene rings is 1. The van der Waals surface area contributed by atoms with Gasteiger partial charge in [-0.2, -0.15) is 0 Å². The van der Waals surface area contributed by atoms with E-state index >= 15 is 0 Å². The number of aldehydes is 1. The Balaban J connectivity index is 1.95. The summed E-state index contributed by atoms with van der Waals surface area (Å²) in [6, 6.07) is 9.99. The molecule has 82 valence electrons. The van der Waals surface area contributed by atoms with Crippen LogP contribution in [0.3, 0.4) is 0 Å². The third-order valence-electron chi connectivity index (χ3n) is 1.86. The molecule has 0 N–H and O–H groups in total. The SMILES string of the molecule is O=CCCOCCOCc1ccccc1. The molecule has 0 heterocycles. The smallest absolute Gasteiger partial charge is 0.122 e. The highest BCUT2D eigenvalue weighted by atomic mass is 16.5. The predicted octanol–water partition coefficient (Wildman–Crippen LogP) is 1.81. The molecule has 0 fully saturated rings. The fourth-order valence-corrected chi connectivity index (χ4v) is 1.12. The maximum Gasteiger partial charge on any atom is 0.122 e. The van der Waals surface area contributed by atoms with Gasteiger partial charge in [0.15, 0.2) is 0 Å². The van der Waals surface area contributed by atoms with Crippen molar-refractivity contribution < 1.29 is 14.3 Å². The summed E-state index contributed by atoms with van der Waals surface area (Å²) in [5, 5.41) is 0. The van der Waals surface area contributed by atoms with E-state index in [0.717, 1.165) is 11.8 Å². The molecule has 0 aliphatic carbocycles. The molecular formula is C12H16O3. The van der Waals surface area contributed by atoms with Gasteiger partial charge in [0.25, 0.3) is 0 Å². The van der Waals surface area contributed by atoms with Gasteiger partial charge in [-0.25, -0.2) is 0 Å². The van der Waals surface area contributed by atoms with E-state index in [-0.39, 0.29) is 0 Å². The van der Waals surface area contributed by atoms with Gasteiger partial charge in [0.2, 0.25) is 0 Å². The lowest BCUT2D eigenvalue weighted by Crippen LogP contribution is -2.05. The Kier molecular flexibility index (Phi) is 6.45. The van der Waals surface area contributed by atoms with Gasteiger partial charge in [-0.1, -0.05) is 30.3 Å². The van der Waals surface area contributed by atoms with E-state index in [1.165, 1.54) is 0 Å². The van der Waals surface area contributed by atoms with Crippen LogP contribution in [0.1, 0.15) is 12.0 Å². The molecule has 1 rings (SSSR count). The van der Waals surface area contributed by atoms with Gasteiger partial charge in [-0.15, -0.1) is 0 Å². The van der Waals surface area contributed by atoms with Gasteiger partial charge in [-0.3, -0.25) is 0 Å². The van der Waals surface area contributed by atoms with Crippen molar-refractivity contribution >= 4 is 6.29 Å². The summed E-state index contributed by atoms with van der Waals surface area (Å²) < 4.78 is 10.5. The van der Waals surface area contributed by atoms with Crippen molar-refractivity contribution in [1.29, 1.82) is 0 Å². The summed E-state index contributed by atoms with van der Waals surface area (Å²) >= 11 is 0. The number of carbonyl (C=O) groups excluding carboxylic acids is 1. The lowest BCUT2D eigenvalue weighted by atomic mass is 10.2. The number of hydrogen-bond acceptors (Lipinski definition) is 3. The fraction of sp³-hybridized carbons (Fsp3) is 0.417. The molecule has 0 atom stereocenters. The molecule has 0 bridgehead atoms. The molecule has 3 nitrogen and oxygen atoms in total. The second kappa shape index (κ2) is 8.15. The first-order valence-electron chi connectivity index (χ1n) is 5.06. The summed E-state index contributed by atoms with van der Waals surface area (Å²) in [6.07, 6.45) is 1.31. The summed E-state index contributed by atoms with van der Waals surface area (Å²) in [6.45, 7) is 2.20. The van der Waals surface area contributed by atoms with Crippen LogP contribution in [-0.2, 0) is 20.9 Å². The number of hydrogen-bond donors (Lipinski definition) is 0. The van der Waals surface area contributed by atoms with Crippen LogP contribution in [0.15, 0.2) is 30.3 Å². The van der Waals surface area contributed by atoms with E-state index in [4.69, 9.17) is 9.47 Å². The monoisotopic (exact) mass is 208 g/mol. The summed E-state index contributed by atoms with van der Waals surface area (Å²) in [7, 11) is 0. The Hall–Kier alpha value is -1.19. The largest absolute Gasteiger partial charge is 0.379 e. The molecule has 0 amide bonds. The first-order chi connectivity index (χ1) is 7.43. The number of ether oxygens (including phenoxy) is 2. The van der Waals surface area contributed by atoms with Gasteiger partial charge in [0.1, 0.15) is 6.29 Å². The van der Waals surface area contributed by atoms with Crippen molar-refractivity contribution in [2.45, 2.75) is 13.0 Å². The molecule has 1 aromatic carbocycles. The highest BCUT2D eigenvalue weighted by molar-refractivity contribution is 5.49. The van der Waals surface area contributed by atoms with E-state index in [2.05, 4.69) is 0 Å². The van der Waals surface area contributed by atoms with Gasteiger partial charge >= 0.3 is 0 Å². The minimum atomic E-state index is 0.457. The van der Waals surface area contributed by atoms with E-state index in [1.54, 1.807) is 0 Å². The Labute approximate surface area is 90.0 Å². The summed E-state index contributed by atoms with van der Waals surface area (Å²) in [5.74, 6) is 0. The van der Waals surface area contributed by atoms with Crippen LogP contribution in [-0.4, -0.2) is 26.1 Å².